The van der Waals surface area contributed by atoms with E-state index in [2.05, 4.69) is 38.0 Å². The Kier molecular flexibility index (Phi) is 18.6. The van der Waals surface area contributed by atoms with E-state index in [9.17, 15) is 33.2 Å². The number of likely N-dealkylation sites (N-methyl/N-ethyl adjacent to an activating group) is 2. The molecule has 0 spiro atoms. The third-order valence-corrected chi connectivity index (χ3v) is 15.8. The first kappa shape index (κ1) is 58.7. The molecule has 4 aromatic rings. The van der Waals surface area contributed by atoms with Crippen LogP contribution < -0.4 is 31.9 Å². The SMILES string of the molecule is CNC(C)C(=O)NC(C(=O)N1Cc2ccccc2CC1C(=O)N(Cc1ccc(C(=O)N[C@H]2C[C@@H](C(=O)N[C@@H]3CCCc4ccccc43)N(C(=O)C(NC(=O)C(C)NC)C(C)(C)C)C2)cc1)[C@H](C)c1ccc(F)cc1)C(C)(C)C. The second kappa shape index (κ2) is 24.8. The molecule has 4 aromatic carbocycles. The van der Waals surface area contributed by atoms with Crippen molar-refractivity contribution in [2.24, 2.45) is 10.8 Å². The van der Waals surface area contributed by atoms with E-state index in [4.69, 9.17) is 0 Å². The molecule has 1 saturated heterocycles. The summed E-state index contributed by atoms with van der Waals surface area (Å²) < 4.78 is 14.3. The molecular formula is C61H80FN9O7. The summed E-state index contributed by atoms with van der Waals surface area (Å²) >= 11 is 0. The van der Waals surface area contributed by atoms with Crippen molar-refractivity contribution in [3.05, 3.63) is 142 Å². The molecule has 16 nitrogen and oxygen atoms in total. The number of amides is 7. The molecule has 0 bridgehead atoms. The summed E-state index contributed by atoms with van der Waals surface area (Å²) in [7, 11) is 3.32. The molecule has 17 heteroatoms. The predicted octanol–water partition coefficient (Wildman–Crippen LogP) is 6.04. The molecule has 5 unspecified atom stereocenters. The molecule has 0 aromatic heterocycles. The lowest BCUT2D eigenvalue weighted by Gasteiger charge is -2.43. The second-order valence-electron chi connectivity index (χ2n) is 23.5. The number of nitrogens with one attached hydrogen (secondary N) is 6. The molecule has 1 aliphatic carbocycles. The lowest BCUT2D eigenvalue weighted by molar-refractivity contribution is -0.152. The largest absolute Gasteiger partial charge is 0.347 e. The van der Waals surface area contributed by atoms with Crippen molar-refractivity contribution < 1.29 is 38.0 Å². The summed E-state index contributed by atoms with van der Waals surface area (Å²) in [5.74, 6) is -3.09. The molecule has 418 valence electrons. The van der Waals surface area contributed by atoms with Crippen LogP contribution >= 0.6 is 0 Å². The van der Waals surface area contributed by atoms with Crippen molar-refractivity contribution in [2.75, 3.05) is 20.6 Å². The number of benzene rings is 4. The third kappa shape index (κ3) is 13.6. The number of halogens is 1. The van der Waals surface area contributed by atoms with Crippen LogP contribution in [0.3, 0.4) is 0 Å². The monoisotopic (exact) mass is 1070 g/mol. The number of likely N-dealkylation sites (tertiary alicyclic amines) is 1. The molecule has 0 radical (unpaired) electrons. The molecule has 7 rings (SSSR count). The highest BCUT2D eigenvalue weighted by atomic mass is 19.1. The molecule has 2 heterocycles. The fraction of sp³-hybridized carbons (Fsp3) is 0.492. The third-order valence-electron chi connectivity index (χ3n) is 15.8. The van der Waals surface area contributed by atoms with Gasteiger partial charge in [-0.15, -0.1) is 0 Å². The van der Waals surface area contributed by atoms with E-state index in [1.165, 1.54) is 22.6 Å². The fourth-order valence-electron chi connectivity index (χ4n) is 10.8. The number of fused-ring (bicyclic) bond motifs is 2. The maximum atomic E-state index is 15.5. The molecular weight excluding hydrogens is 990 g/mol. The Morgan fingerprint density at radius 2 is 1.22 bits per heavy atom. The normalized spacial score (nSPS) is 20.2. The van der Waals surface area contributed by atoms with Gasteiger partial charge in [-0.2, -0.15) is 0 Å². The number of nitrogens with zero attached hydrogens (tertiary/aromatic N) is 3. The lowest BCUT2D eigenvalue weighted by atomic mass is 9.84. The van der Waals surface area contributed by atoms with Gasteiger partial charge in [0.2, 0.25) is 35.4 Å². The number of carbonyl (C=O) groups is 7. The van der Waals surface area contributed by atoms with Gasteiger partial charge in [0.1, 0.15) is 30.0 Å². The van der Waals surface area contributed by atoms with E-state index in [1.54, 1.807) is 74.1 Å². The van der Waals surface area contributed by atoms with Crippen LogP contribution in [0.1, 0.15) is 137 Å². The Labute approximate surface area is 459 Å². The van der Waals surface area contributed by atoms with Gasteiger partial charge in [0, 0.05) is 37.7 Å². The molecule has 9 atom stereocenters. The summed E-state index contributed by atoms with van der Waals surface area (Å²) in [5, 5.41) is 18.1. The van der Waals surface area contributed by atoms with Gasteiger partial charge in [-0.1, -0.05) is 114 Å². The van der Waals surface area contributed by atoms with Gasteiger partial charge in [-0.25, -0.2) is 4.39 Å². The first-order chi connectivity index (χ1) is 36.9. The molecule has 78 heavy (non-hydrogen) atoms. The molecule has 1 fully saturated rings. The molecule has 0 saturated carbocycles. The summed E-state index contributed by atoms with van der Waals surface area (Å²) in [6, 6.07) is 22.0. The van der Waals surface area contributed by atoms with E-state index in [0.717, 1.165) is 36.0 Å². The van der Waals surface area contributed by atoms with Gasteiger partial charge in [-0.3, -0.25) is 33.6 Å². The van der Waals surface area contributed by atoms with Gasteiger partial charge in [0.05, 0.1) is 24.2 Å². The summed E-state index contributed by atoms with van der Waals surface area (Å²) in [6.07, 6.45) is 2.89. The van der Waals surface area contributed by atoms with Crippen molar-refractivity contribution >= 4 is 41.4 Å². The molecule has 2 aliphatic heterocycles. The number of aryl methyl sites for hydroxylation is 1. The first-order valence-electron chi connectivity index (χ1n) is 27.4. The summed E-state index contributed by atoms with van der Waals surface area (Å²) in [6.45, 7) is 16.7. The van der Waals surface area contributed by atoms with E-state index < -0.39 is 82.7 Å². The van der Waals surface area contributed by atoms with Crippen LogP contribution in [-0.4, -0.2) is 119 Å². The average molecular weight is 1070 g/mol. The van der Waals surface area contributed by atoms with Crippen LogP contribution in [-0.2, 0) is 54.7 Å². The zero-order chi connectivity index (χ0) is 56.8. The van der Waals surface area contributed by atoms with Crippen LogP contribution in [0, 0.1) is 16.6 Å². The van der Waals surface area contributed by atoms with Gasteiger partial charge in [0.25, 0.3) is 5.91 Å². The van der Waals surface area contributed by atoms with Gasteiger partial charge >= 0.3 is 0 Å². The summed E-state index contributed by atoms with van der Waals surface area (Å²) in [4.78, 5) is 105. The van der Waals surface area contributed by atoms with Crippen LogP contribution in [0.25, 0.3) is 0 Å². The minimum Gasteiger partial charge on any atom is -0.347 e. The number of rotatable bonds is 17. The Hall–Kier alpha value is -6.98. The van der Waals surface area contributed by atoms with Gasteiger partial charge in [0.15, 0.2) is 0 Å². The Morgan fingerprint density at radius 1 is 0.667 bits per heavy atom. The highest BCUT2D eigenvalue weighted by Gasteiger charge is 2.47. The predicted molar refractivity (Wildman–Crippen MR) is 298 cm³/mol. The minimum absolute atomic E-state index is 0.0213. The number of carbonyl (C=O) groups excluding carboxylic acids is 7. The minimum atomic E-state index is -0.983. The van der Waals surface area contributed by atoms with Gasteiger partial charge < -0.3 is 46.6 Å². The van der Waals surface area contributed by atoms with Crippen LogP contribution in [0.15, 0.2) is 97.1 Å². The van der Waals surface area contributed by atoms with Gasteiger partial charge in [-0.05, 0) is 129 Å². The van der Waals surface area contributed by atoms with Crippen LogP contribution in [0.2, 0.25) is 0 Å². The smallest absolute Gasteiger partial charge is 0.251 e. The number of hydrogen-bond donors (Lipinski definition) is 6. The lowest BCUT2D eigenvalue weighted by Crippen LogP contribution is -2.62. The zero-order valence-electron chi connectivity index (χ0n) is 47.2. The zero-order valence-corrected chi connectivity index (χ0v) is 47.2. The van der Waals surface area contributed by atoms with Crippen LogP contribution in [0.4, 0.5) is 4.39 Å². The maximum absolute atomic E-state index is 15.5. The molecule has 7 amide bonds. The fourth-order valence-corrected chi connectivity index (χ4v) is 10.8. The summed E-state index contributed by atoms with van der Waals surface area (Å²) in [5.41, 5.74) is 4.20. The molecule has 3 aliphatic rings. The highest BCUT2D eigenvalue weighted by Crippen LogP contribution is 2.34. The first-order valence-corrected chi connectivity index (χ1v) is 27.4. The van der Waals surface area contributed by atoms with E-state index >= 15 is 4.79 Å². The second-order valence-corrected chi connectivity index (χ2v) is 23.5. The van der Waals surface area contributed by atoms with Crippen molar-refractivity contribution in [1.82, 2.24) is 46.6 Å². The number of hydrogen-bond acceptors (Lipinski definition) is 9. The van der Waals surface area contributed by atoms with Crippen molar-refractivity contribution in [2.45, 2.75) is 162 Å². The highest BCUT2D eigenvalue weighted by molar-refractivity contribution is 5.97. The average Bonchev–Trinajstić information content (AvgIpc) is 3.96. The van der Waals surface area contributed by atoms with Crippen molar-refractivity contribution in [1.29, 1.82) is 0 Å². The Bertz CT molecular complexity index is 2830. The van der Waals surface area contributed by atoms with Crippen molar-refractivity contribution in [3.63, 3.8) is 0 Å². The van der Waals surface area contributed by atoms with E-state index in [1.807, 2.05) is 90.9 Å². The van der Waals surface area contributed by atoms with E-state index in [-0.39, 0.29) is 62.1 Å². The Balaban J connectivity index is 1.14. The quantitative estimate of drug-likeness (QED) is 0.0730. The maximum Gasteiger partial charge on any atom is 0.251 e. The van der Waals surface area contributed by atoms with Crippen molar-refractivity contribution in [3.8, 4) is 0 Å². The van der Waals surface area contributed by atoms with Crippen LogP contribution in [0.5, 0.6) is 0 Å². The molecule has 6 N–H and O–H groups in total. The topological polar surface area (TPSA) is 201 Å². The van der Waals surface area contributed by atoms with E-state index in [0.29, 0.717) is 16.7 Å². The standard InChI is InChI=1S/C61H80FN9O7/c1-36(63-10)53(72)67-51(60(4,5)6)58(77)70-34-44-19-13-12-18-43(44)31-50(70)57(76)69(38(3)40-27-29-45(62)30-28-40)33-39-23-25-42(26-24-39)55(74)65-46-32-49(56(75)66-48-22-16-20-41-17-14-15-21-47(41)48)71(35-46)59(78)52(61(7,8)9)68-54(73)37(2)64-11/h12-15,17-19,21,23-30,36-38,46,48-52,63-64H,16,20,22,31-35H2,1-11H3,(H,65,74)(H,66,75)(H,67,72)(H,68,73)/t36?,37?,38-,46+,48-,49+,50?,51?,52?/m1/s1. The Morgan fingerprint density at radius 3 is 1.79 bits per heavy atom.